The van der Waals surface area contributed by atoms with Crippen LogP contribution in [0.1, 0.15) is 20.8 Å². The second-order valence-electron chi connectivity index (χ2n) is 1.90. The van der Waals surface area contributed by atoms with Gasteiger partial charge in [0.05, 0.1) is 0 Å². The minimum absolute atomic E-state index is 0. The van der Waals surface area contributed by atoms with Crippen LogP contribution in [0.15, 0.2) is 24.9 Å². The van der Waals surface area contributed by atoms with E-state index in [-0.39, 0.29) is 1.43 Å². The summed E-state index contributed by atoms with van der Waals surface area (Å²) in [6.07, 6.45) is 3.53. The number of anilines is 1. The molecule has 0 spiro atoms. The summed E-state index contributed by atoms with van der Waals surface area (Å²) in [4.78, 5) is 4.09. The first-order valence-electron chi connectivity index (χ1n) is 4.13. The first-order chi connectivity index (χ1) is 5.88. The van der Waals surface area contributed by atoms with Gasteiger partial charge >= 0.3 is 0 Å². The molecule has 0 unspecified atom stereocenters. The third-order valence-electron chi connectivity index (χ3n) is 1.30. The lowest BCUT2D eigenvalue weighted by Gasteiger charge is -2.00. The molecule has 0 atom stereocenters. The van der Waals surface area contributed by atoms with Crippen LogP contribution in [-0.2, 0) is 0 Å². The quantitative estimate of drug-likeness (QED) is 0.730. The van der Waals surface area contributed by atoms with Gasteiger partial charge in [-0.2, -0.15) is 0 Å². The monoisotopic (exact) mass is 166 g/mol. The van der Waals surface area contributed by atoms with E-state index in [9.17, 15) is 0 Å². The molecule has 0 fully saturated rings. The van der Waals surface area contributed by atoms with Gasteiger partial charge in [-0.15, -0.1) is 0 Å². The topological polar surface area (TPSA) is 24.9 Å². The van der Waals surface area contributed by atoms with Crippen molar-refractivity contribution < 1.29 is 1.43 Å². The Morgan fingerprint density at radius 2 is 2.25 bits per heavy atom. The van der Waals surface area contributed by atoms with Gasteiger partial charge in [-0.25, -0.2) is 4.98 Å². The third kappa shape index (κ3) is 2.74. The Labute approximate surface area is 75.8 Å². The van der Waals surface area contributed by atoms with Gasteiger partial charge in [-0.05, 0) is 12.1 Å². The summed E-state index contributed by atoms with van der Waals surface area (Å²) >= 11 is 0. The van der Waals surface area contributed by atoms with Crippen LogP contribution in [0.4, 0.5) is 5.82 Å². The lowest BCUT2D eigenvalue weighted by Crippen LogP contribution is -1.93. The lowest BCUT2D eigenvalue weighted by atomic mass is 10.2. The third-order valence-corrected chi connectivity index (χ3v) is 1.30. The van der Waals surface area contributed by atoms with E-state index in [4.69, 9.17) is 0 Å². The van der Waals surface area contributed by atoms with Gasteiger partial charge in [0.15, 0.2) is 0 Å². The predicted molar refractivity (Wildman–Crippen MR) is 57.3 cm³/mol. The molecule has 0 amide bonds. The molecule has 0 saturated heterocycles. The smallest absolute Gasteiger partial charge is 0.132 e. The zero-order chi connectivity index (χ0) is 9.40. The van der Waals surface area contributed by atoms with Crippen molar-refractivity contribution >= 4 is 11.9 Å². The maximum absolute atomic E-state index is 4.09. The summed E-state index contributed by atoms with van der Waals surface area (Å²) in [5.74, 6) is 0.873. The molecule has 0 aliphatic rings. The van der Waals surface area contributed by atoms with Crippen molar-refractivity contribution in [1.82, 2.24) is 4.98 Å². The number of pyridine rings is 1. The molecule has 1 rings (SSSR count). The highest BCUT2D eigenvalue weighted by molar-refractivity contribution is 5.60. The van der Waals surface area contributed by atoms with Crippen LogP contribution in [0.25, 0.3) is 6.08 Å². The molecule has 1 heterocycles. The molecule has 2 nitrogen and oxygen atoms in total. The fraction of sp³-hybridized carbons (Fsp3) is 0.300. The van der Waals surface area contributed by atoms with Crippen LogP contribution in [0.3, 0.4) is 0 Å². The SMILES string of the molecule is C=Cc1cccnc1NC.CC.[HH]. The molecule has 0 aromatic carbocycles. The molecule has 12 heavy (non-hydrogen) atoms. The predicted octanol–water partition coefficient (Wildman–Crippen LogP) is 3.04. The van der Waals surface area contributed by atoms with Crippen molar-refractivity contribution in [1.29, 1.82) is 0 Å². The standard InChI is InChI=1S/C8H10N2.C2H6.H2/c1-3-7-5-4-6-10-8(7)9-2;1-2;/h3-6H,1H2,2H3,(H,9,10);1-2H3;1H. The lowest BCUT2D eigenvalue weighted by molar-refractivity contribution is 1.28. The molecular weight excluding hydrogens is 148 g/mol. The Morgan fingerprint density at radius 3 is 2.67 bits per heavy atom. The average Bonchev–Trinajstić information content (AvgIpc) is 2.20. The van der Waals surface area contributed by atoms with E-state index in [2.05, 4.69) is 16.9 Å². The number of hydrogen-bond acceptors (Lipinski definition) is 2. The summed E-state index contributed by atoms with van der Waals surface area (Å²) in [6, 6.07) is 3.85. The van der Waals surface area contributed by atoms with Gasteiger partial charge in [-0.1, -0.05) is 26.5 Å². The molecule has 1 N–H and O–H groups in total. The zero-order valence-corrected chi connectivity index (χ0v) is 7.96. The number of rotatable bonds is 2. The first kappa shape index (κ1) is 10.7. The van der Waals surface area contributed by atoms with Crippen molar-refractivity contribution in [2.75, 3.05) is 12.4 Å². The molecule has 68 valence electrons. The zero-order valence-electron chi connectivity index (χ0n) is 7.96. The molecule has 0 aliphatic heterocycles. The summed E-state index contributed by atoms with van der Waals surface area (Å²) in [7, 11) is 1.84. The minimum Gasteiger partial charge on any atom is -0.373 e. The van der Waals surface area contributed by atoms with E-state index >= 15 is 0 Å². The van der Waals surface area contributed by atoms with Crippen molar-refractivity contribution in [2.45, 2.75) is 13.8 Å². The van der Waals surface area contributed by atoms with Crippen LogP contribution >= 0.6 is 0 Å². The van der Waals surface area contributed by atoms with E-state index in [1.165, 1.54) is 0 Å². The molecule has 0 bridgehead atoms. The summed E-state index contributed by atoms with van der Waals surface area (Å²) < 4.78 is 0. The fourth-order valence-electron chi connectivity index (χ4n) is 0.791. The molecule has 0 aliphatic carbocycles. The fourth-order valence-corrected chi connectivity index (χ4v) is 0.791. The Morgan fingerprint density at radius 1 is 1.58 bits per heavy atom. The van der Waals surface area contributed by atoms with Crippen molar-refractivity contribution in [2.24, 2.45) is 0 Å². The highest BCUT2D eigenvalue weighted by Gasteiger charge is 1.92. The van der Waals surface area contributed by atoms with Crippen LogP contribution in [0, 0.1) is 0 Å². The maximum Gasteiger partial charge on any atom is 0.132 e. The maximum atomic E-state index is 4.09. The Kier molecular flexibility index (Phi) is 5.70. The van der Waals surface area contributed by atoms with Crippen LogP contribution in [-0.4, -0.2) is 12.0 Å². The number of hydrogen-bond donors (Lipinski definition) is 1. The van der Waals surface area contributed by atoms with E-state index < -0.39 is 0 Å². The number of nitrogens with one attached hydrogen (secondary N) is 1. The van der Waals surface area contributed by atoms with Crippen LogP contribution < -0.4 is 5.32 Å². The van der Waals surface area contributed by atoms with Gasteiger partial charge in [0, 0.05) is 20.2 Å². The average molecular weight is 166 g/mol. The first-order valence-corrected chi connectivity index (χ1v) is 4.13. The highest BCUT2D eigenvalue weighted by Crippen LogP contribution is 2.10. The molecule has 0 radical (unpaired) electrons. The van der Waals surface area contributed by atoms with E-state index in [0.717, 1.165) is 11.4 Å². The van der Waals surface area contributed by atoms with Gasteiger partial charge < -0.3 is 5.32 Å². The minimum atomic E-state index is 0. The van der Waals surface area contributed by atoms with E-state index in [1.54, 1.807) is 12.3 Å². The highest BCUT2D eigenvalue weighted by atomic mass is 14.9. The number of aromatic nitrogens is 1. The van der Waals surface area contributed by atoms with Crippen molar-refractivity contribution in [3.05, 3.63) is 30.5 Å². The Hall–Kier alpha value is -1.31. The largest absolute Gasteiger partial charge is 0.373 e. The summed E-state index contributed by atoms with van der Waals surface area (Å²) in [6.45, 7) is 7.66. The van der Waals surface area contributed by atoms with Gasteiger partial charge in [0.2, 0.25) is 0 Å². The van der Waals surface area contributed by atoms with Gasteiger partial charge in [0.25, 0.3) is 0 Å². The van der Waals surface area contributed by atoms with Crippen LogP contribution in [0.2, 0.25) is 0 Å². The normalized spacial score (nSPS) is 7.92. The second kappa shape index (κ2) is 6.40. The van der Waals surface area contributed by atoms with E-state index in [1.807, 2.05) is 33.0 Å². The Balaban J connectivity index is 0. The number of nitrogens with zero attached hydrogens (tertiary/aromatic N) is 1. The summed E-state index contributed by atoms with van der Waals surface area (Å²) in [5, 5.41) is 2.96. The van der Waals surface area contributed by atoms with E-state index in [0.29, 0.717) is 0 Å². The van der Waals surface area contributed by atoms with Crippen LogP contribution in [0.5, 0.6) is 0 Å². The molecule has 1 aromatic rings. The molecule has 2 heteroatoms. The van der Waals surface area contributed by atoms with Gasteiger partial charge in [0.1, 0.15) is 5.82 Å². The summed E-state index contributed by atoms with van der Waals surface area (Å²) in [5.41, 5.74) is 1.03. The van der Waals surface area contributed by atoms with Gasteiger partial charge in [-0.3, -0.25) is 0 Å². The molecule has 0 saturated carbocycles. The second-order valence-corrected chi connectivity index (χ2v) is 1.90. The Bertz CT molecular complexity index is 236. The van der Waals surface area contributed by atoms with Crippen molar-refractivity contribution in [3.63, 3.8) is 0 Å². The molecular formula is C10H18N2. The van der Waals surface area contributed by atoms with Crippen molar-refractivity contribution in [3.8, 4) is 0 Å². The molecule has 1 aromatic heterocycles.